The molecule has 0 saturated carbocycles. The number of para-hydroxylation sites is 2. The second-order valence-electron chi connectivity index (χ2n) is 5.07. The minimum absolute atomic E-state index is 0.0460. The van der Waals surface area contributed by atoms with Gasteiger partial charge in [0.25, 0.3) is 0 Å². The van der Waals surface area contributed by atoms with Crippen molar-refractivity contribution < 1.29 is 17.9 Å². The number of guanidine groups is 1. The van der Waals surface area contributed by atoms with Crippen LogP contribution in [-0.2, 0) is 6.54 Å². The molecule has 130 valence electrons. The fourth-order valence-electron chi connectivity index (χ4n) is 2.19. The highest BCUT2D eigenvalue weighted by molar-refractivity contribution is 5.93. The van der Waals surface area contributed by atoms with Crippen LogP contribution in [0.15, 0.2) is 59.9 Å². The lowest BCUT2D eigenvalue weighted by atomic mass is 10.3. The van der Waals surface area contributed by atoms with E-state index in [4.69, 9.17) is 5.73 Å². The lowest BCUT2D eigenvalue weighted by Gasteiger charge is -2.13. The summed E-state index contributed by atoms with van der Waals surface area (Å²) in [5, 5.41) is 2.61. The van der Waals surface area contributed by atoms with E-state index in [1.807, 2.05) is 28.8 Å². The van der Waals surface area contributed by atoms with Crippen LogP contribution in [0.25, 0.3) is 5.65 Å². The first-order chi connectivity index (χ1) is 11.9. The van der Waals surface area contributed by atoms with Crippen molar-refractivity contribution in [1.29, 1.82) is 0 Å². The van der Waals surface area contributed by atoms with Crippen molar-refractivity contribution >= 4 is 17.3 Å². The highest BCUT2D eigenvalue weighted by Gasteiger charge is 2.32. The molecule has 0 bridgehead atoms. The molecule has 2 aromatic heterocycles. The molecule has 0 atom stereocenters. The third-order valence-corrected chi connectivity index (χ3v) is 3.20. The summed E-state index contributed by atoms with van der Waals surface area (Å²) in [6.07, 6.45) is -1.14. The smallest absolute Gasteiger partial charge is 0.404 e. The summed E-state index contributed by atoms with van der Waals surface area (Å²) in [7, 11) is 0. The number of alkyl halides is 3. The van der Waals surface area contributed by atoms with Crippen LogP contribution in [0.1, 0.15) is 5.69 Å². The van der Waals surface area contributed by atoms with Gasteiger partial charge in [0.15, 0.2) is 11.7 Å². The standard InChI is InChI=1S/C16H14F3N5O/c17-16(18,19)25-13-6-2-1-5-12(13)23-15(20)21-9-11-10-24-8-4-3-7-14(24)22-11/h1-8,10H,9H2,(H3,20,21,23). The summed E-state index contributed by atoms with van der Waals surface area (Å²) < 4.78 is 43.0. The van der Waals surface area contributed by atoms with E-state index in [2.05, 4.69) is 20.0 Å². The maximum absolute atomic E-state index is 12.4. The van der Waals surface area contributed by atoms with Crippen LogP contribution in [0.3, 0.4) is 0 Å². The lowest BCUT2D eigenvalue weighted by Crippen LogP contribution is -2.24. The number of halogens is 3. The Labute approximate surface area is 140 Å². The summed E-state index contributed by atoms with van der Waals surface area (Å²) >= 11 is 0. The molecule has 0 amide bonds. The average molecular weight is 349 g/mol. The number of fused-ring (bicyclic) bond motifs is 1. The normalized spacial score (nSPS) is 12.4. The second kappa shape index (κ2) is 6.71. The molecule has 0 unspecified atom stereocenters. The van der Waals surface area contributed by atoms with E-state index in [9.17, 15) is 13.2 Å². The summed E-state index contributed by atoms with van der Waals surface area (Å²) in [5.74, 6) is -0.434. The van der Waals surface area contributed by atoms with Gasteiger partial charge in [-0.05, 0) is 24.3 Å². The Kier molecular flexibility index (Phi) is 4.46. The maximum atomic E-state index is 12.4. The summed E-state index contributed by atoms with van der Waals surface area (Å²) in [6, 6.07) is 11.2. The molecule has 0 saturated heterocycles. The van der Waals surface area contributed by atoms with Gasteiger partial charge in [-0.2, -0.15) is 0 Å². The minimum Gasteiger partial charge on any atom is -0.404 e. The molecule has 6 nitrogen and oxygen atoms in total. The molecule has 0 spiro atoms. The van der Waals surface area contributed by atoms with Crippen LogP contribution in [-0.4, -0.2) is 21.7 Å². The Morgan fingerprint density at radius 1 is 1.20 bits per heavy atom. The van der Waals surface area contributed by atoms with Crippen molar-refractivity contribution in [1.82, 2.24) is 9.38 Å². The number of hydrogen-bond acceptors (Lipinski definition) is 3. The average Bonchev–Trinajstić information content (AvgIpc) is 2.96. The van der Waals surface area contributed by atoms with E-state index in [1.165, 1.54) is 18.2 Å². The predicted molar refractivity (Wildman–Crippen MR) is 87.3 cm³/mol. The zero-order chi connectivity index (χ0) is 17.9. The van der Waals surface area contributed by atoms with Gasteiger partial charge in [-0.3, -0.25) is 0 Å². The first-order valence-corrected chi connectivity index (χ1v) is 7.25. The molecule has 0 fully saturated rings. The molecule has 3 N–H and O–H groups in total. The van der Waals surface area contributed by atoms with E-state index in [-0.39, 0.29) is 23.9 Å². The molecule has 3 aromatic rings. The quantitative estimate of drug-likeness (QED) is 0.560. The largest absolute Gasteiger partial charge is 0.573 e. The summed E-state index contributed by atoms with van der Waals surface area (Å²) in [5.41, 5.74) is 7.26. The minimum atomic E-state index is -4.79. The van der Waals surface area contributed by atoms with Crippen LogP contribution in [0.4, 0.5) is 18.9 Å². The molecule has 3 rings (SSSR count). The molecule has 0 aliphatic heterocycles. The summed E-state index contributed by atoms with van der Waals surface area (Å²) in [4.78, 5) is 8.45. The van der Waals surface area contributed by atoms with E-state index in [0.29, 0.717) is 5.69 Å². The van der Waals surface area contributed by atoms with Crippen molar-refractivity contribution in [2.24, 2.45) is 10.7 Å². The third kappa shape index (κ3) is 4.40. The van der Waals surface area contributed by atoms with Gasteiger partial charge in [0.05, 0.1) is 17.9 Å². The van der Waals surface area contributed by atoms with Crippen molar-refractivity contribution in [2.75, 3.05) is 5.32 Å². The van der Waals surface area contributed by atoms with Gasteiger partial charge in [0.1, 0.15) is 5.65 Å². The van der Waals surface area contributed by atoms with Crippen molar-refractivity contribution in [3.63, 3.8) is 0 Å². The van der Waals surface area contributed by atoms with Crippen LogP contribution < -0.4 is 15.8 Å². The van der Waals surface area contributed by atoms with Gasteiger partial charge >= 0.3 is 6.36 Å². The Morgan fingerprint density at radius 2 is 1.96 bits per heavy atom. The SMILES string of the molecule is NC(=NCc1cn2ccccc2n1)Nc1ccccc1OC(F)(F)F. The highest BCUT2D eigenvalue weighted by Crippen LogP contribution is 2.29. The van der Waals surface area contributed by atoms with E-state index in [0.717, 1.165) is 5.65 Å². The van der Waals surface area contributed by atoms with E-state index < -0.39 is 6.36 Å². The molecule has 0 aliphatic carbocycles. The van der Waals surface area contributed by atoms with E-state index >= 15 is 0 Å². The first kappa shape index (κ1) is 16.6. The number of aromatic nitrogens is 2. The Morgan fingerprint density at radius 3 is 2.72 bits per heavy atom. The number of aliphatic imine (C=N–C) groups is 1. The Hall–Kier alpha value is -3.23. The number of imidazole rings is 1. The van der Waals surface area contributed by atoms with Gasteiger partial charge in [-0.1, -0.05) is 18.2 Å². The monoisotopic (exact) mass is 349 g/mol. The molecule has 2 heterocycles. The Balaban J connectivity index is 1.71. The van der Waals surface area contributed by atoms with Gasteiger partial charge in [-0.15, -0.1) is 13.2 Å². The number of anilines is 1. The fourth-order valence-corrected chi connectivity index (χ4v) is 2.19. The van der Waals surface area contributed by atoms with Crippen LogP contribution >= 0.6 is 0 Å². The van der Waals surface area contributed by atoms with Gasteiger partial charge < -0.3 is 20.2 Å². The number of ether oxygens (including phenoxy) is 1. The predicted octanol–water partition coefficient (Wildman–Crippen LogP) is 3.16. The lowest BCUT2D eigenvalue weighted by molar-refractivity contribution is -0.274. The number of pyridine rings is 1. The highest BCUT2D eigenvalue weighted by atomic mass is 19.4. The Bertz CT molecular complexity index is 871. The number of benzene rings is 1. The van der Waals surface area contributed by atoms with E-state index in [1.54, 1.807) is 12.3 Å². The molecular formula is C16H14F3N5O. The third-order valence-electron chi connectivity index (χ3n) is 3.20. The molecule has 9 heteroatoms. The second-order valence-corrected chi connectivity index (χ2v) is 5.07. The number of nitrogens with two attached hydrogens (primary N) is 1. The van der Waals surface area contributed by atoms with Gasteiger partial charge in [-0.25, -0.2) is 9.98 Å². The maximum Gasteiger partial charge on any atom is 0.573 e. The molecule has 0 radical (unpaired) electrons. The zero-order valence-electron chi connectivity index (χ0n) is 12.9. The zero-order valence-corrected chi connectivity index (χ0v) is 12.9. The van der Waals surface area contributed by atoms with Crippen LogP contribution in [0.5, 0.6) is 5.75 Å². The molecule has 25 heavy (non-hydrogen) atoms. The molecule has 1 aromatic carbocycles. The summed E-state index contributed by atoms with van der Waals surface area (Å²) in [6.45, 7) is 0.183. The number of rotatable bonds is 4. The number of nitrogens with zero attached hydrogens (tertiary/aromatic N) is 3. The van der Waals surface area contributed by atoms with Crippen molar-refractivity contribution in [3.05, 3.63) is 60.6 Å². The first-order valence-electron chi connectivity index (χ1n) is 7.25. The topological polar surface area (TPSA) is 76.9 Å². The van der Waals surface area contributed by atoms with Crippen molar-refractivity contribution in [2.45, 2.75) is 12.9 Å². The number of hydrogen-bond donors (Lipinski definition) is 2. The van der Waals surface area contributed by atoms with Gasteiger partial charge in [0.2, 0.25) is 0 Å². The molecule has 0 aliphatic rings. The molecular weight excluding hydrogens is 335 g/mol. The number of nitrogens with one attached hydrogen (secondary N) is 1. The van der Waals surface area contributed by atoms with Gasteiger partial charge in [0, 0.05) is 12.4 Å². The van der Waals surface area contributed by atoms with Crippen LogP contribution in [0.2, 0.25) is 0 Å². The van der Waals surface area contributed by atoms with Crippen molar-refractivity contribution in [3.8, 4) is 5.75 Å². The van der Waals surface area contributed by atoms with Crippen LogP contribution in [0, 0.1) is 0 Å². The fraction of sp³-hybridized carbons (Fsp3) is 0.125.